The lowest BCUT2D eigenvalue weighted by atomic mass is 10.1. The van der Waals surface area contributed by atoms with Gasteiger partial charge in [-0.15, -0.1) is 0 Å². The average molecular weight is 414 g/mol. The van der Waals surface area contributed by atoms with Crippen LogP contribution in [0, 0.1) is 0 Å². The van der Waals surface area contributed by atoms with Crippen molar-refractivity contribution in [3.63, 3.8) is 0 Å². The molecule has 2 aromatic rings. The molecule has 1 unspecified atom stereocenters. The smallest absolute Gasteiger partial charge is 0.349 e. The van der Waals surface area contributed by atoms with Gasteiger partial charge in [-0.2, -0.15) is 4.57 Å². The average Bonchev–Trinajstić information content (AvgIpc) is 3.05. The molecule has 1 aromatic carbocycles. The monoisotopic (exact) mass is 414 g/mol. The summed E-state index contributed by atoms with van der Waals surface area (Å²) in [7, 11) is 0. The van der Waals surface area contributed by atoms with E-state index in [2.05, 4.69) is 0 Å². The fourth-order valence-electron chi connectivity index (χ4n) is 3.35. The van der Waals surface area contributed by atoms with Crippen molar-refractivity contribution in [3.8, 4) is 5.75 Å². The maximum absolute atomic E-state index is 12.5. The summed E-state index contributed by atoms with van der Waals surface area (Å²) < 4.78 is 23.9. The Morgan fingerprint density at radius 1 is 0.967 bits per heavy atom. The molecule has 0 amide bonds. The molecule has 0 aliphatic carbocycles. The van der Waals surface area contributed by atoms with Gasteiger partial charge in [0.2, 0.25) is 6.10 Å². The third-order valence-corrected chi connectivity index (χ3v) is 4.60. The number of esters is 3. The molecular formula is C22H24NO7+. The van der Waals surface area contributed by atoms with Crippen LogP contribution in [0.3, 0.4) is 0 Å². The van der Waals surface area contributed by atoms with Gasteiger partial charge in [0.05, 0.1) is 0 Å². The van der Waals surface area contributed by atoms with Crippen molar-refractivity contribution in [2.24, 2.45) is 0 Å². The van der Waals surface area contributed by atoms with Gasteiger partial charge in [0, 0.05) is 19.9 Å². The van der Waals surface area contributed by atoms with Gasteiger partial charge < -0.3 is 18.9 Å². The van der Waals surface area contributed by atoms with E-state index in [4.69, 9.17) is 18.9 Å². The SMILES string of the molecule is CC[C@H]1O[C@@H]([n+]2cccc(C(=O)Oc3ccccc3)c2)C(OC(C)=O)[C@H]1OC(C)=O. The summed E-state index contributed by atoms with van der Waals surface area (Å²) >= 11 is 0. The Kier molecular flexibility index (Phi) is 6.79. The van der Waals surface area contributed by atoms with Gasteiger partial charge in [0.1, 0.15) is 17.4 Å². The third-order valence-electron chi connectivity index (χ3n) is 4.60. The lowest BCUT2D eigenvalue weighted by Gasteiger charge is -2.21. The number of hydrogen-bond acceptors (Lipinski definition) is 7. The number of hydrogen-bond donors (Lipinski definition) is 0. The van der Waals surface area contributed by atoms with Crippen LogP contribution in [-0.4, -0.2) is 36.2 Å². The minimum absolute atomic E-state index is 0.288. The lowest BCUT2D eigenvalue weighted by molar-refractivity contribution is -0.765. The van der Waals surface area contributed by atoms with Crippen molar-refractivity contribution >= 4 is 17.9 Å². The zero-order valence-corrected chi connectivity index (χ0v) is 17.0. The first-order chi connectivity index (χ1) is 14.4. The fourth-order valence-corrected chi connectivity index (χ4v) is 3.35. The van der Waals surface area contributed by atoms with Gasteiger partial charge in [0.25, 0.3) is 0 Å². The first-order valence-electron chi connectivity index (χ1n) is 9.67. The van der Waals surface area contributed by atoms with Crippen LogP contribution in [0.15, 0.2) is 54.9 Å². The molecule has 1 fully saturated rings. The number of carbonyl (C=O) groups is 3. The van der Waals surface area contributed by atoms with E-state index in [1.807, 2.05) is 13.0 Å². The van der Waals surface area contributed by atoms with Crippen LogP contribution in [-0.2, 0) is 23.8 Å². The van der Waals surface area contributed by atoms with E-state index in [0.29, 0.717) is 12.2 Å². The molecule has 0 bridgehead atoms. The van der Waals surface area contributed by atoms with Crippen LogP contribution in [0.5, 0.6) is 5.75 Å². The Bertz CT molecular complexity index is 915. The molecule has 0 radical (unpaired) electrons. The second-order valence-corrected chi connectivity index (χ2v) is 6.86. The van der Waals surface area contributed by atoms with E-state index in [9.17, 15) is 14.4 Å². The van der Waals surface area contributed by atoms with E-state index in [0.717, 1.165) is 0 Å². The molecule has 0 spiro atoms. The maximum atomic E-state index is 12.5. The summed E-state index contributed by atoms with van der Waals surface area (Å²) in [5, 5.41) is 0. The number of nitrogens with zero attached hydrogens (tertiary/aromatic N) is 1. The van der Waals surface area contributed by atoms with E-state index in [1.54, 1.807) is 53.4 Å². The highest BCUT2D eigenvalue weighted by molar-refractivity contribution is 5.90. The minimum atomic E-state index is -0.859. The first kappa shape index (κ1) is 21.4. The van der Waals surface area contributed by atoms with Crippen molar-refractivity contribution in [2.45, 2.75) is 51.7 Å². The number of pyridine rings is 1. The van der Waals surface area contributed by atoms with E-state index in [-0.39, 0.29) is 5.56 Å². The number of rotatable bonds is 6. The van der Waals surface area contributed by atoms with E-state index < -0.39 is 42.4 Å². The molecule has 0 saturated carbocycles. The van der Waals surface area contributed by atoms with Gasteiger partial charge in [-0.1, -0.05) is 25.1 Å². The quantitative estimate of drug-likeness (QED) is 0.407. The van der Waals surface area contributed by atoms with Crippen molar-refractivity contribution in [2.75, 3.05) is 0 Å². The van der Waals surface area contributed by atoms with Crippen LogP contribution in [0.2, 0.25) is 0 Å². The number of para-hydroxylation sites is 1. The molecule has 4 atom stereocenters. The van der Waals surface area contributed by atoms with E-state index >= 15 is 0 Å². The number of aromatic nitrogens is 1. The number of benzene rings is 1. The molecule has 0 N–H and O–H groups in total. The summed E-state index contributed by atoms with van der Waals surface area (Å²) in [6.07, 6.45) is 0.931. The summed E-state index contributed by atoms with van der Waals surface area (Å²) in [6, 6.07) is 12.0. The van der Waals surface area contributed by atoms with Crippen LogP contribution in [0.1, 0.15) is 43.8 Å². The lowest BCUT2D eigenvalue weighted by Crippen LogP contribution is -2.48. The zero-order chi connectivity index (χ0) is 21.7. The van der Waals surface area contributed by atoms with Crippen LogP contribution >= 0.6 is 0 Å². The van der Waals surface area contributed by atoms with Crippen molar-refractivity contribution in [1.29, 1.82) is 0 Å². The van der Waals surface area contributed by atoms with Crippen molar-refractivity contribution < 1.29 is 37.9 Å². The first-order valence-corrected chi connectivity index (χ1v) is 9.67. The third kappa shape index (κ3) is 5.01. The Morgan fingerprint density at radius 2 is 1.63 bits per heavy atom. The molecule has 3 rings (SSSR count). The van der Waals surface area contributed by atoms with Crippen molar-refractivity contribution in [3.05, 3.63) is 60.4 Å². The van der Waals surface area contributed by atoms with Gasteiger partial charge in [-0.25, -0.2) is 4.79 Å². The minimum Gasteiger partial charge on any atom is -0.455 e. The standard InChI is InChI=1S/C22H24NO7/c1-4-18-19(27-14(2)24)20(28-15(3)25)21(30-18)23-12-8-9-16(13-23)22(26)29-17-10-6-5-7-11-17/h5-13,18-21H,4H2,1-3H3/q+1/t18-,19+,20?,21-/m1/s1. The van der Waals surface area contributed by atoms with E-state index in [1.165, 1.54) is 13.8 Å². The van der Waals surface area contributed by atoms with Gasteiger partial charge >= 0.3 is 24.1 Å². The highest BCUT2D eigenvalue weighted by Gasteiger charge is 2.53. The molecule has 1 aromatic heterocycles. The molecule has 1 saturated heterocycles. The highest BCUT2D eigenvalue weighted by atomic mass is 16.6. The van der Waals surface area contributed by atoms with Gasteiger partial charge in [-0.3, -0.25) is 9.59 Å². The van der Waals surface area contributed by atoms with Crippen LogP contribution in [0.4, 0.5) is 0 Å². The van der Waals surface area contributed by atoms with Crippen LogP contribution < -0.4 is 9.30 Å². The summed E-state index contributed by atoms with van der Waals surface area (Å²) in [5.41, 5.74) is 0.288. The molecule has 1 aliphatic rings. The molecule has 158 valence electrons. The topological polar surface area (TPSA) is 92.0 Å². The second kappa shape index (κ2) is 9.49. The Morgan fingerprint density at radius 3 is 2.27 bits per heavy atom. The second-order valence-electron chi connectivity index (χ2n) is 6.86. The largest absolute Gasteiger partial charge is 0.455 e. The highest BCUT2D eigenvalue weighted by Crippen LogP contribution is 2.32. The molecule has 8 nitrogen and oxygen atoms in total. The molecule has 30 heavy (non-hydrogen) atoms. The maximum Gasteiger partial charge on any atom is 0.349 e. The predicted molar refractivity (Wildman–Crippen MR) is 103 cm³/mol. The molecule has 1 aliphatic heterocycles. The van der Waals surface area contributed by atoms with Crippen LogP contribution in [0.25, 0.3) is 0 Å². The summed E-state index contributed by atoms with van der Waals surface area (Å²) in [4.78, 5) is 35.8. The number of carbonyl (C=O) groups excluding carboxylic acids is 3. The predicted octanol–water partition coefficient (Wildman–Crippen LogP) is 2.36. The van der Waals surface area contributed by atoms with Gasteiger partial charge in [-0.05, 0) is 24.6 Å². The Hall–Kier alpha value is -3.26. The van der Waals surface area contributed by atoms with Crippen molar-refractivity contribution in [1.82, 2.24) is 0 Å². The summed E-state index contributed by atoms with van der Waals surface area (Å²) in [5.74, 6) is -1.14. The van der Waals surface area contributed by atoms with Gasteiger partial charge in [0.15, 0.2) is 18.5 Å². The number of ether oxygens (including phenoxy) is 4. The summed E-state index contributed by atoms with van der Waals surface area (Å²) in [6.45, 7) is 4.45. The molecular weight excluding hydrogens is 390 g/mol. The Labute approximate surface area is 174 Å². The fraction of sp³-hybridized carbons (Fsp3) is 0.364. The Balaban J connectivity index is 1.87. The molecule has 2 heterocycles. The molecule has 8 heteroatoms. The zero-order valence-electron chi connectivity index (χ0n) is 17.0. The normalized spacial score (nSPS) is 22.9.